The Bertz CT molecular complexity index is 276. The number of hydrogen-bond acceptors (Lipinski definition) is 3. The third kappa shape index (κ3) is 3.09. The molecule has 0 aliphatic heterocycles. The highest BCUT2D eigenvalue weighted by atomic mass is 16.5. The summed E-state index contributed by atoms with van der Waals surface area (Å²) in [7, 11) is 1.71. The maximum Gasteiger partial charge on any atom is 0.0462 e. The Labute approximate surface area is 85.3 Å². The molecule has 1 aromatic heterocycles. The Hall–Kier alpha value is -0.930. The Kier molecular flexibility index (Phi) is 4.56. The summed E-state index contributed by atoms with van der Waals surface area (Å²) >= 11 is 0. The predicted molar refractivity (Wildman–Crippen MR) is 57.0 cm³/mol. The van der Waals surface area contributed by atoms with Crippen LogP contribution in [0.5, 0.6) is 0 Å². The number of nitrogens with zero attached hydrogens (tertiary/aromatic N) is 1. The maximum atomic E-state index is 6.04. The fourth-order valence-electron chi connectivity index (χ4n) is 1.47. The highest BCUT2D eigenvalue weighted by molar-refractivity contribution is 5.24. The molecule has 1 unspecified atom stereocenters. The summed E-state index contributed by atoms with van der Waals surface area (Å²) in [5.41, 5.74) is 8.40. The molecule has 3 nitrogen and oxygen atoms in total. The molecule has 0 radical (unpaired) electrons. The van der Waals surface area contributed by atoms with Gasteiger partial charge in [-0.15, -0.1) is 0 Å². The zero-order chi connectivity index (χ0) is 10.4. The Morgan fingerprint density at radius 3 is 3.00 bits per heavy atom. The molecule has 0 fully saturated rings. The molecular formula is C11H18N2O. The molecule has 14 heavy (non-hydrogen) atoms. The van der Waals surface area contributed by atoms with Gasteiger partial charge in [-0.1, -0.05) is 0 Å². The standard InChI is InChI=1S/C11H18N2O/c1-9-5-6-13-8-10(9)11(12)4-3-7-14-2/h5-6,8,11H,3-4,7,12H2,1-2H3. The van der Waals surface area contributed by atoms with Crippen LogP contribution in [0.2, 0.25) is 0 Å². The Morgan fingerprint density at radius 2 is 2.36 bits per heavy atom. The van der Waals surface area contributed by atoms with Crippen molar-refractivity contribution in [2.45, 2.75) is 25.8 Å². The van der Waals surface area contributed by atoms with Crippen molar-refractivity contribution in [1.29, 1.82) is 0 Å². The molecule has 1 rings (SSSR count). The highest BCUT2D eigenvalue weighted by Crippen LogP contribution is 2.17. The minimum atomic E-state index is 0.0823. The van der Waals surface area contributed by atoms with E-state index in [1.807, 2.05) is 12.3 Å². The van der Waals surface area contributed by atoms with E-state index in [4.69, 9.17) is 10.5 Å². The zero-order valence-electron chi connectivity index (χ0n) is 8.86. The lowest BCUT2D eigenvalue weighted by Gasteiger charge is -2.13. The van der Waals surface area contributed by atoms with Crippen LogP contribution >= 0.6 is 0 Å². The first-order chi connectivity index (χ1) is 6.75. The first kappa shape index (κ1) is 11.1. The summed E-state index contributed by atoms with van der Waals surface area (Å²) in [4.78, 5) is 4.08. The van der Waals surface area contributed by atoms with Gasteiger partial charge in [-0.2, -0.15) is 0 Å². The van der Waals surface area contributed by atoms with Gasteiger partial charge < -0.3 is 10.5 Å². The van der Waals surface area contributed by atoms with Crippen molar-refractivity contribution in [1.82, 2.24) is 4.98 Å². The van der Waals surface area contributed by atoms with Crippen LogP contribution in [0.15, 0.2) is 18.5 Å². The predicted octanol–water partition coefficient (Wildman–Crippen LogP) is 1.82. The Balaban J connectivity index is 2.51. The van der Waals surface area contributed by atoms with Gasteiger partial charge >= 0.3 is 0 Å². The highest BCUT2D eigenvalue weighted by Gasteiger charge is 2.07. The van der Waals surface area contributed by atoms with Crippen LogP contribution in [0.3, 0.4) is 0 Å². The lowest BCUT2D eigenvalue weighted by Crippen LogP contribution is -2.12. The van der Waals surface area contributed by atoms with Crippen LogP contribution in [0, 0.1) is 6.92 Å². The second-order valence-electron chi connectivity index (χ2n) is 3.47. The summed E-state index contributed by atoms with van der Waals surface area (Å²) < 4.78 is 4.99. The van der Waals surface area contributed by atoms with Crippen molar-refractivity contribution in [3.8, 4) is 0 Å². The molecule has 78 valence electrons. The van der Waals surface area contributed by atoms with Crippen molar-refractivity contribution in [3.63, 3.8) is 0 Å². The SMILES string of the molecule is COCCCC(N)c1cnccc1C. The molecule has 3 heteroatoms. The van der Waals surface area contributed by atoms with Gasteiger partial charge in [0.25, 0.3) is 0 Å². The molecule has 0 bridgehead atoms. The molecule has 2 N–H and O–H groups in total. The van der Waals surface area contributed by atoms with Gasteiger partial charge in [0.2, 0.25) is 0 Å². The summed E-state index contributed by atoms with van der Waals surface area (Å²) in [6.07, 6.45) is 5.58. The zero-order valence-corrected chi connectivity index (χ0v) is 8.86. The molecule has 0 saturated carbocycles. The van der Waals surface area contributed by atoms with Crippen LogP contribution in [0.4, 0.5) is 0 Å². The molecule has 0 spiro atoms. The van der Waals surface area contributed by atoms with E-state index in [0.29, 0.717) is 0 Å². The Morgan fingerprint density at radius 1 is 1.57 bits per heavy atom. The first-order valence-electron chi connectivity index (χ1n) is 4.90. The molecule has 0 saturated heterocycles. The van der Waals surface area contributed by atoms with Crippen molar-refractivity contribution in [3.05, 3.63) is 29.6 Å². The topological polar surface area (TPSA) is 48.1 Å². The molecular weight excluding hydrogens is 176 g/mol. The quantitative estimate of drug-likeness (QED) is 0.727. The van der Waals surface area contributed by atoms with Crippen LogP contribution in [0.25, 0.3) is 0 Å². The van der Waals surface area contributed by atoms with E-state index in [2.05, 4.69) is 11.9 Å². The van der Waals surface area contributed by atoms with E-state index in [-0.39, 0.29) is 6.04 Å². The summed E-state index contributed by atoms with van der Waals surface area (Å²) in [5, 5.41) is 0. The van der Waals surface area contributed by atoms with Crippen LogP contribution in [0.1, 0.15) is 30.0 Å². The van der Waals surface area contributed by atoms with Gasteiger partial charge in [-0.05, 0) is 37.0 Å². The second-order valence-corrected chi connectivity index (χ2v) is 3.47. The third-order valence-corrected chi connectivity index (χ3v) is 2.34. The van der Waals surface area contributed by atoms with Gasteiger partial charge in [-0.25, -0.2) is 0 Å². The fourth-order valence-corrected chi connectivity index (χ4v) is 1.47. The van der Waals surface area contributed by atoms with Crippen molar-refractivity contribution < 1.29 is 4.74 Å². The lowest BCUT2D eigenvalue weighted by molar-refractivity contribution is 0.190. The van der Waals surface area contributed by atoms with E-state index < -0.39 is 0 Å². The first-order valence-corrected chi connectivity index (χ1v) is 4.90. The summed E-state index contributed by atoms with van der Waals surface area (Å²) in [5.74, 6) is 0. The normalized spacial score (nSPS) is 12.8. The largest absolute Gasteiger partial charge is 0.385 e. The molecule has 1 aromatic rings. The van der Waals surface area contributed by atoms with Crippen LogP contribution in [-0.2, 0) is 4.74 Å². The number of aromatic nitrogens is 1. The third-order valence-electron chi connectivity index (χ3n) is 2.34. The lowest BCUT2D eigenvalue weighted by atomic mass is 10.0. The van der Waals surface area contributed by atoms with E-state index in [1.165, 1.54) is 5.56 Å². The molecule has 1 atom stereocenters. The van der Waals surface area contributed by atoms with E-state index in [0.717, 1.165) is 25.0 Å². The van der Waals surface area contributed by atoms with E-state index in [9.17, 15) is 0 Å². The fraction of sp³-hybridized carbons (Fsp3) is 0.545. The number of nitrogens with two attached hydrogens (primary N) is 1. The summed E-state index contributed by atoms with van der Waals surface area (Å²) in [6, 6.07) is 2.07. The van der Waals surface area contributed by atoms with Gasteiger partial charge in [-0.3, -0.25) is 4.98 Å². The van der Waals surface area contributed by atoms with Gasteiger partial charge in [0.15, 0.2) is 0 Å². The minimum Gasteiger partial charge on any atom is -0.385 e. The van der Waals surface area contributed by atoms with E-state index in [1.54, 1.807) is 13.3 Å². The number of hydrogen-bond donors (Lipinski definition) is 1. The monoisotopic (exact) mass is 194 g/mol. The van der Waals surface area contributed by atoms with Gasteiger partial charge in [0.1, 0.15) is 0 Å². The van der Waals surface area contributed by atoms with Crippen LogP contribution < -0.4 is 5.73 Å². The number of pyridine rings is 1. The van der Waals surface area contributed by atoms with Gasteiger partial charge in [0, 0.05) is 32.2 Å². The smallest absolute Gasteiger partial charge is 0.0462 e. The van der Waals surface area contributed by atoms with E-state index >= 15 is 0 Å². The van der Waals surface area contributed by atoms with Crippen molar-refractivity contribution in [2.24, 2.45) is 5.73 Å². The number of ether oxygens (including phenoxy) is 1. The second kappa shape index (κ2) is 5.73. The van der Waals surface area contributed by atoms with Gasteiger partial charge in [0.05, 0.1) is 0 Å². The molecule has 0 aromatic carbocycles. The molecule has 1 heterocycles. The number of methoxy groups -OCH3 is 1. The number of rotatable bonds is 5. The van der Waals surface area contributed by atoms with Crippen molar-refractivity contribution >= 4 is 0 Å². The maximum absolute atomic E-state index is 6.04. The van der Waals surface area contributed by atoms with Crippen molar-refractivity contribution in [2.75, 3.05) is 13.7 Å². The molecule has 0 amide bonds. The minimum absolute atomic E-state index is 0.0823. The van der Waals surface area contributed by atoms with Crippen LogP contribution in [-0.4, -0.2) is 18.7 Å². The average molecular weight is 194 g/mol. The summed E-state index contributed by atoms with van der Waals surface area (Å²) in [6.45, 7) is 2.83. The average Bonchev–Trinajstić information content (AvgIpc) is 2.18. The molecule has 0 aliphatic rings. The number of aryl methyl sites for hydroxylation is 1. The molecule has 0 aliphatic carbocycles.